The number of fused-ring (bicyclic) bond motifs is 1. The number of aliphatic carboxylic acids is 1. The summed E-state index contributed by atoms with van der Waals surface area (Å²) in [4.78, 5) is 10.9. The van der Waals surface area contributed by atoms with Gasteiger partial charge in [0, 0.05) is 32.1 Å². The van der Waals surface area contributed by atoms with Crippen molar-refractivity contribution < 1.29 is 23.4 Å². The van der Waals surface area contributed by atoms with Gasteiger partial charge >= 0.3 is 5.97 Å². The molecule has 222 valence electrons. The number of benzene rings is 4. The first-order valence-corrected chi connectivity index (χ1v) is 15.8. The highest BCUT2D eigenvalue weighted by molar-refractivity contribution is 7.88. The number of carbonyl (C=O) groups is 1. The first-order chi connectivity index (χ1) is 19.9. The number of β-amino-alcohol motifs (C(OH)–C–C–N with tert-alkyl or cyclic N) is 1. The summed E-state index contributed by atoms with van der Waals surface area (Å²) in [5.74, 6) is -1.04. The van der Waals surface area contributed by atoms with E-state index in [1.165, 1.54) is 27.7 Å². The topological polar surface area (TPSA) is 107 Å². The molecule has 0 saturated heterocycles. The Morgan fingerprint density at radius 2 is 1.55 bits per heavy atom. The number of aryl methyl sites for hydroxylation is 1. The average Bonchev–Trinajstić information content (AvgIpc) is 2.95. The number of aliphatic hydroxyl groups excluding tert-OH is 1. The molecule has 8 heteroatoms. The van der Waals surface area contributed by atoms with Crippen LogP contribution in [0.5, 0.6) is 0 Å². The zero-order valence-corrected chi connectivity index (χ0v) is 25.3. The van der Waals surface area contributed by atoms with E-state index in [1.807, 2.05) is 54.6 Å². The second kappa shape index (κ2) is 13.6. The minimum Gasteiger partial charge on any atom is -0.481 e. The van der Waals surface area contributed by atoms with Gasteiger partial charge in [0.1, 0.15) is 0 Å². The molecular formula is C34H40N2O5S. The van der Waals surface area contributed by atoms with E-state index >= 15 is 0 Å². The largest absolute Gasteiger partial charge is 0.481 e. The zero-order valence-electron chi connectivity index (χ0n) is 24.5. The van der Waals surface area contributed by atoms with Crippen LogP contribution in [0.3, 0.4) is 0 Å². The fourth-order valence-electron chi connectivity index (χ4n) is 5.13. The van der Waals surface area contributed by atoms with Crippen molar-refractivity contribution in [3.8, 4) is 11.1 Å². The van der Waals surface area contributed by atoms with Gasteiger partial charge in [-0.1, -0.05) is 91.0 Å². The van der Waals surface area contributed by atoms with Gasteiger partial charge in [-0.15, -0.1) is 0 Å². The van der Waals surface area contributed by atoms with Crippen LogP contribution in [0.25, 0.3) is 21.9 Å². The van der Waals surface area contributed by atoms with Gasteiger partial charge < -0.3 is 15.5 Å². The van der Waals surface area contributed by atoms with Gasteiger partial charge in [-0.25, -0.2) is 12.7 Å². The van der Waals surface area contributed by atoms with Crippen molar-refractivity contribution >= 4 is 26.8 Å². The van der Waals surface area contributed by atoms with Crippen LogP contribution < -0.4 is 5.32 Å². The fourth-order valence-corrected chi connectivity index (χ4v) is 6.39. The zero-order chi connectivity index (χ0) is 30.3. The number of nitrogens with zero attached hydrogens (tertiary/aromatic N) is 1. The van der Waals surface area contributed by atoms with Crippen LogP contribution >= 0.6 is 0 Å². The summed E-state index contributed by atoms with van der Waals surface area (Å²) in [5, 5.41) is 25.5. The Labute approximate surface area is 248 Å². The van der Waals surface area contributed by atoms with Crippen LogP contribution in [0.2, 0.25) is 0 Å². The lowest BCUT2D eigenvalue weighted by Gasteiger charge is -2.29. The van der Waals surface area contributed by atoms with E-state index in [-0.39, 0.29) is 30.8 Å². The average molecular weight is 589 g/mol. The molecule has 0 fully saturated rings. The minimum absolute atomic E-state index is 0.0260. The van der Waals surface area contributed by atoms with Gasteiger partial charge in [0.25, 0.3) is 0 Å². The summed E-state index contributed by atoms with van der Waals surface area (Å²) >= 11 is 0. The van der Waals surface area contributed by atoms with E-state index in [2.05, 4.69) is 49.5 Å². The molecule has 7 nitrogen and oxygen atoms in total. The Kier molecular flexibility index (Phi) is 10.2. The first-order valence-electron chi connectivity index (χ1n) is 14.2. The molecule has 0 radical (unpaired) electrons. The summed E-state index contributed by atoms with van der Waals surface area (Å²) in [6.07, 6.45) is 0.378. The number of rotatable bonds is 14. The standard InChI is InChI=1S/C34H40N2O5S/c1-34(2,21-26-14-16-27-8-4-5-9-29(27)20-26)35-22-31(37)23-36(3)42(40,41)24-30-10-6-7-11-32(30)28-17-12-25(13-18-28)15-19-33(38)39/h4-14,16-18,20,31,35,37H,15,19,21-24H2,1-3H3,(H,38,39)/t31-/m1/s1. The van der Waals surface area contributed by atoms with Crippen LogP contribution in [-0.2, 0) is 33.4 Å². The molecule has 0 unspecified atom stereocenters. The lowest BCUT2D eigenvalue weighted by Crippen LogP contribution is -2.47. The molecular weight excluding hydrogens is 548 g/mol. The van der Waals surface area contributed by atoms with Crippen molar-refractivity contribution in [3.63, 3.8) is 0 Å². The lowest BCUT2D eigenvalue weighted by atomic mass is 9.93. The summed E-state index contributed by atoms with van der Waals surface area (Å²) in [5.41, 5.74) is 4.12. The Bertz CT molecular complexity index is 1620. The van der Waals surface area contributed by atoms with E-state index in [4.69, 9.17) is 5.11 Å². The third-order valence-electron chi connectivity index (χ3n) is 7.47. The molecule has 1 atom stereocenters. The quantitative estimate of drug-likeness (QED) is 0.186. The van der Waals surface area contributed by atoms with Crippen LogP contribution in [0.1, 0.15) is 37.0 Å². The number of nitrogens with one attached hydrogen (secondary N) is 1. The molecule has 0 heterocycles. The number of carboxylic acid groups (broad SMARTS) is 1. The number of sulfonamides is 1. The van der Waals surface area contributed by atoms with Gasteiger partial charge in [0.2, 0.25) is 10.0 Å². The number of carboxylic acids is 1. The highest BCUT2D eigenvalue weighted by atomic mass is 32.2. The van der Waals surface area contributed by atoms with Crippen molar-refractivity contribution in [3.05, 3.63) is 108 Å². The normalized spacial score (nSPS) is 13.0. The maximum absolute atomic E-state index is 13.3. The third-order valence-corrected chi connectivity index (χ3v) is 9.24. The SMILES string of the molecule is CN(C[C@H](O)CNC(C)(C)Cc1ccc2ccccc2c1)S(=O)(=O)Cc1ccccc1-c1ccc(CCC(=O)O)cc1. The molecule has 0 aliphatic rings. The summed E-state index contributed by atoms with van der Waals surface area (Å²) in [6, 6.07) is 29.5. The monoisotopic (exact) mass is 588 g/mol. The van der Waals surface area contributed by atoms with Gasteiger partial charge in [0.05, 0.1) is 11.9 Å². The third kappa shape index (κ3) is 8.72. The van der Waals surface area contributed by atoms with Gasteiger partial charge in [-0.3, -0.25) is 4.79 Å². The van der Waals surface area contributed by atoms with Crippen molar-refractivity contribution in [1.82, 2.24) is 9.62 Å². The molecule has 0 bridgehead atoms. The van der Waals surface area contributed by atoms with Crippen LogP contribution in [0, 0.1) is 0 Å². The predicted octanol–water partition coefficient (Wildman–Crippen LogP) is 5.26. The molecule has 0 amide bonds. The maximum atomic E-state index is 13.3. The second-order valence-electron chi connectivity index (χ2n) is 11.6. The highest BCUT2D eigenvalue weighted by Crippen LogP contribution is 2.27. The molecule has 0 saturated carbocycles. The van der Waals surface area contributed by atoms with E-state index < -0.39 is 22.1 Å². The Hall–Kier alpha value is -3.56. The maximum Gasteiger partial charge on any atom is 0.303 e. The molecule has 0 aliphatic carbocycles. The fraction of sp³-hybridized carbons (Fsp3) is 0.324. The van der Waals surface area contributed by atoms with Crippen molar-refractivity contribution in [2.75, 3.05) is 20.1 Å². The number of hydrogen-bond acceptors (Lipinski definition) is 5. The van der Waals surface area contributed by atoms with Crippen molar-refractivity contribution in [2.24, 2.45) is 0 Å². The molecule has 0 aliphatic heterocycles. The molecule has 3 N–H and O–H groups in total. The van der Waals surface area contributed by atoms with Crippen molar-refractivity contribution in [2.45, 2.75) is 50.5 Å². The Morgan fingerprint density at radius 3 is 2.26 bits per heavy atom. The van der Waals surface area contributed by atoms with E-state index in [9.17, 15) is 18.3 Å². The number of likely N-dealkylation sites (N-methyl/N-ethyl adjacent to an activating group) is 1. The second-order valence-corrected chi connectivity index (χ2v) is 13.6. The number of hydrogen-bond donors (Lipinski definition) is 3. The van der Waals surface area contributed by atoms with E-state index in [1.54, 1.807) is 6.07 Å². The highest BCUT2D eigenvalue weighted by Gasteiger charge is 2.25. The van der Waals surface area contributed by atoms with E-state index in [0.29, 0.717) is 12.0 Å². The summed E-state index contributed by atoms with van der Waals surface area (Å²) in [7, 11) is -2.21. The predicted molar refractivity (Wildman–Crippen MR) is 169 cm³/mol. The smallest absolute Gasteiger partial charge is 0.303 e. The van der Waals surface area contributed by atoms with Gasteiger partial charge in [-0.2, -0.15) is 0 Å². The first kappa shape index (κ1) is 31.4. The van der Waals surface area contributed by atoms with Crippen LogP contribution in [0.4, 0.5) is 0 Å². The molecule has 4 aromatic rings. The molecule has 4 rings (SSSR count). The lowest BCUT2D eigenvalue weighted by molar-refractivity contribution is -0.136. The van der Waals surface area contributed by atoms with Crippen LogP contribution in [0.15, 0.2) is 91.0 Å². The summed E-state index contributed by atoms with van der Waals surface area (Å²) in [6.45, 7) is 4.38. The Balaban J connectivity index is 1.34. The number of aliphatic hydroxyl groups is 1. The minimum atomic E-state index is -3.71. The van der Waals surface area contributed by atoms with Crippen LogP contribution in [-0.4, -0.2) is 60.7 Å². The molecule has 42 heavy (non-hydrogen) atoms. The van der Waals surface area contributed by atoms with E-state index in [0.717, 1.165) is 23.1 Å². The van der Waals surface area contributed by atoms with Crippen molar-refractivity contribution in [1.29, 1.82) is 0 Å². The van der Waals surface area contributed by atoms with Gasteiger partial charge in [0.15, 0.2) is 0 Å². The molecule has 0 spiro atoms. The summed E-state index contributed by atoms with van der Waals surface area (Å²) < 4.78 is 27.8. The molecule has 4 aromatic carbocycles. The molecule has 0 aromatic heterocycles. The Morgan fingerprint density at radius 1 is 0.905 bits per heavy atom. The van der Waals surface area contributed by atoms with Gasteiger partial charge in [-0.05, 0) is 65.3 Å².